The van der Waals surface area contributed by atoms with Gasteiger partial charge in [-0.25, -0.2) is 9.78 Å². The summed E-state index contributed by atoms with van der Waals surface area (Å²) in [4.78, 5) is 26.6. The minimum absolute atomic E-state index is 0.146. The first-order valence-electron chi connectivity index (χ1n) is 13.2. The summed E-state index contributed by atoms with van der Waals surface area (Å²) < 4.78 is 1.49. The van der Waals surface area contributed by atoms with Crippen LogP contribution in [0.25, 0.3) is 11.0 Å². The van der Waals surface area contributed by atoms with Crippen molar-refractivity contribution in [2.24, 2.45) is 7.05 Å². The lowest BCUT2D eigenvalue weighted by Gasteiger charge is -2.49. The smallest absolute Gasteiger partial charge is 0.349 e. The van der Waals surface area contributed by atoms with Crippen molar-refractivity contribution in [1.29, 1.82) is 10.5 Å². The van der Waals surface area contributed by atoms with Gasteiger partial charge in [-0.15, -0.1) is 0 Å². The molecule has 0 spiro atoms. The number of piperazine rings is 1. The SMILES string of the molecule is CCC1CN(C(C)c2ccc(C3(C#N)CC3)cc2)[C@H](CC)CN1c1nc(=O)n(C)c2ccc(C#N)nc12. The largest absolute Gasteiger partial charge is 0.349 e. The molecular weight excluding hydrogens is 462 g/mol. The summed E-state index contributed by atoms with van der Waals surface area (Å²) in [6, 6.07) is 17.3. The fraction of sp³-hybridized carbons (Fsp3) is 0.483. The molecule has 3 atom stereocenters. The molecule has 0 bridgehead atoms. The maximum atomic E-state index is 12.8. The minimum atomic E-state index is -0.321. The zero-order chi connectivity index (χ0) is 26.3. The van der Waals surface area contributed by atoms with Crippen LogP contribution in [0.2, 0.25) is 0 Å². The third-order valence-corrected chi connectivity index (χ3v) is 8.41. The topological polar surface area (TPSA) is 102 Å². The molecule has 0 radical (unpaired) electrons. The monoisotopic (exact) mass is 495 g/mol. The van der Waals surface area contributed by atoms with Gasteiger partial charge in [-0.3, -0.25) is 9.47 Å². The number of aryl methyl sites for hydroxylation is 1. The highest BCUT2D eigenvalue weighted by atomic mass is 16.1. The number of fused-ring (bicyclic) bond motifs is 1. The predicted molar refractivity (Wildman–Crippen MR) is 143 cm³/mol. The van der Waals surface area contributed by atoms with E-state index in [1.165, 1.54) is 10.1 Å². The van der Waals surface area contributed by atoms with E-state index < -0.39 is 0 Å². The Morgan fingerprint density at radius 2 is 1.73 bits per heavy atom. The molecule has 0 N–H and O–H groups in total. The van der Waals surface area contributed by atoms with Gasteiger partial charge in [-0.05, 0) is 55.9 Å². The average molecular weight is 496 g/mol. The molecule has 1 saturated heterocycles. The summed E-state index contributed by atoms with van der Waals surface area (Å²) in [5, 5.41) is 19.0. The third-order valence-electron chi connectivity index (χ3n) is 8.41. The van der Waals surface area contributed by atoms with Crippen LogP contribution in [0.5, 0.6) is 0 Å². The van der Waals surface area contributed by atoms with Gasteiger partial charge in [0.1, 0.15) is 17.3 Å². The summed E-state index contributed by atoms with van der Waals surface area (Å²) >= 11 is 0. The number of rotatable bonds is 6. The van der Waals surface area contributed by atoms with E-state index in [9.17, 15) is 15.3 Å². The van der Waals surface area contributed by atoms with E-state index in [1.54, 1.807) is 19.2 Å². The van der Waals surface area contributed by atoms with Gasteiger partial charge in [0.15, 0.2) is 5.82 Å². The Labute approximate surface area is 217 Å². The van der Waals surface area contributed by atoms with Crippen molar-refractivity contribution in [2.75, 3.05) is 18.0 Å². The van der Waals surface area contributed by atoms with Crippen LogP contribution in [0.4, 0.5) is 5.82 Å². The molecule has 1 saturated carbocycles. The maximum Gasteiger partial charge on any atom is 0.349 e. The van der Waals surface area contributed by atoms with E-state index in [0.29, 0.717) is 22.5 Å². The minimum Gasteiger partial charge on any atom is -0.349 e. The molecule has 2 aliphatic rings. The van der Waals surface area contributed by atoms with Gasteiger partial charge in [0.05, 0.1) is 17.0 Å². The van der Waals surface area contributed by atoms with Crippen molar-refractivity contribution in [3.05, 3.63) is 63.7 Å². The zero-order valence-electron chi connectivity index (χ0n) is 22.0. The van der Waals surface area contributed by atoms with Crippen LogP contribution in [0.15, 0.2) is 41.2 Å². The average Bonchev–Trinajstić information content (AvgIpc) is 3.75. The molecule has 0 amide bonds. The summed E-state index contributed by atoms with van der Waals surface area (Å²) in [6.07, 6.45) is 3.74. The molecule has 5 rings (SSSR count). The normalized spacial score (nSPS) is 21.8. The summed E-state index contributed by atoms with van der Waals surface area (Å²) in [7, 11) is 1.69. The van der Waals surface area contributed by atoms with E-state index in [0.717, 1.165) is 44.3 Å². The number of anilines is 1. The van der Waals surface area contributed by atoms with Crippen LogP contribution in [-0.4, -0.2) is 44.6 Å². The van der Waals surface area contributed by atoms with Gasteiger partial charge in [0.2, 0.25) is 0 Å². The molecule has 8 nitrogen and oxygen atoms in total. The van der Waals surface area contributed by atoms with Crippen molar-refractivity contribution in [3.63, 3.8) is 0 Å². The number of hydrogen-bond acceptors (Lipinski definition) is 7. The highest BCUT2D eigenvalue weighted by Crippen LogP contribution is 2.47. The van der Waals surface area contributed by atoms with Crippen molar-refractivity contribution in [1.82, 2.24) is 19.4 Å². The molecule has 3 aromatic rings. The van der Waals surface area contributed by atoms with Crippen molar-refractivity contribution in [3.8, 4) is 12.1 Å². The molecule has 2 fully saturated rings. The second-order valence-corrected chi connectivity index (χ2v) is 10.4. The number of pyridine rings is 1. The van der Waals surface area contributed by atoms with Crippen LogP contribution < -0.4 is 10.6 Å². The van der Waals surface area contributed by atoms with Crippen LogP contribution in [0.1, 0.15) is 69.3 Å². The maximum absolute atomic E-state index is 12.8. The number of aromatic nitrogens is 3. The predicted octanol–water partition coefficient (Wildman–Crippen LogP) is 4.20. The molecule has 37 heavy (non-hydrogen) atoms. The Bertz CT molecular complexity index is 1460. The van der Waals surface area contributed by atoms with Gasteiger partial charge < -0.3 is 4.90 Å². The van der Waals surface area contributed by atoms with E-state index >= 15 is 0 Å². The van der Waals surface area contributed by atoms with Gasteiger partial charge >= 0.3 is 5.69 Å². The Balaban J connectivity index is 1.47. The van der Waals surface area contributed by atoms with E-state index in [1.807, 2.05) is 0 Å². The van der Waals surface area contributed by atoms with E-state index in [-0.39, 0.29) is 29.2 Å². The summed E-state index contributed by atoms with van der Waals surface area (Å²) in [5.41, 5.74) is 3.37. The van der Waals surface area contributed by atoms with E-state index in [2.05, 4.69) is 76.9 Å². The first kappa shape index (κ1) is 24.9. The quantitative estimate of drug-likeness (QED) is 0.505. The second kappa shape index (κ2) is 9.61. The van der Waals surface area contributed by atoms with Gasteiger partial charge in [0.25, 0.3) is 0 Å². The van der Waals surface area contributed by atoms with Crippen LogP contribution >= 0.6 is 0 Å². The zero-order valence-corrected chi connectivity index (χ0v) is 22.0. The fourth-order valence-corrected chi connectivity index (χ4v) is 5.75. The van der Waals surface area contributed by atoms with Gasteiger partial charge in [-0.1, -0.05) is 38.1 Å². The molecule has 3 heterocycles. The number of nitrogens with zero attached hydrogens (tertiary/aromatic N) is 7. The fourth-order valence-electron chi connectivity index (χ4n) is 5.75. The third kappa shape index (κ3) is 4.26. The highest BCUT2D eigenvalue weighted by Gasteiger charge is 2.45. The Morgan fingerprint density at radius 1 is 1.03 bits per heavy atom. The number of nitriles is 2. The van der Waals surface area contributed by atoms with Crippen molar-refractivity contribution in [2.45, 2.75) is 70.0 Å². The molecule has 1 aromatic carbocycles. The summed E-state index contributed by atoms with van der Waals surface area (Å²) in [6.45, 7) is 8.17. The molecule has 1 aliphatic carbocycles. The molecule has 1 aliphatic heterocycles. The summed E-state index contributed by atoms with van der Waals surface area (Å²) in [5.74, 6) is 0.573. The molecule has 190 valence electrons. The van der Waals surface area contributed by atoms with Crippen molar-refractivity contribution < 1.29 is 0 Å². The lowest BCUT2D eigenvalue weighted by atomic mass is 9.93. The number of hydrogen-bond donors (Lipinski definition) is 0. The standard InChI is InChI=1S/C29H33N7O/c1-5-23-17-36(27-26-25(34(4)28(37)33-27)12-11-22(15-30)32-26)24(6-2)16-35(23)19(3)20-7-9-21(10-8-20)29(18-31)13-14-29/h7-12,19,23-24H,5-6,13-14,16-17H2,1-4H3/t19?,23-,24?/m1/s1. The number of benzene rings is 1. The Morgan fingerprint density at radius 3 is 2.32 bits per heavy atom. The lowest BCUT2D eigenvalue weighted by molar-refractivity contribution is 0.101. The molecular formula is C29H33N7O. The Hall–Kier alpha value is -3.75. The van der Waals surface area contributed by atoms with Crippen LogP contribution in [-0.2, 0) is 12.5 Å². The van der Waals surface area contributed by atoms with Crippen molar-refractivity contribution >= 4 is 16.9 Å². The highest BCUT2D eigenvalue weighted by molar-refractivity contribution is 5.86. The van der Waals surface area contributed by atoms with Gasteiger partial charge in [0, 0.05) is 38.3 Å². The molecule has 2 unspecified atom stereocenters. The molecule has 8 heteroatoms. The van der Waals surface area contributed by atoms with Crippen LogP contribution in [0, 0.1) is 22.7 Å². The van der Waals surface area contributed by atoms with Crippen LogP contribution in [0.3, 0.4) is 0 Å². The molecule has 2 aromatic heterocycles. The lowest BCUT2D eigenvalue weighted by Crippen LogP contribution is -2.59. The van der Waals surface area contributed by atoms with E-state index in [4.69, 9.17) is 0 Å². The first-order valence-corrected chi connectivity index (χ1v) is 13.2. The second-order valence-electron chi connectivity index (χ2n) is 10.4. The Kier molecular flexibility index (Phi) is 6.47. The van der Waals surface area contributed by atoms with Gasteiger partial charge in [-0.2, -0.15) is 15.5 Å². The first-order chi connectivity index (χ1) is 17.9.